The number of aromatic amines is 1. The monoisotopic (exact) mass is 341 g/mol. The number of urea groups is 1. The smallest absolute Gasteiger partial charge is 0.321 e. The zero-order valence-corrected chi connectivity index (χ0v) is 14.5. The van der Waals surface area contributed by atoms with E-state index in [0.717, 1.165) is 24.2 Å². The molecule has 1 aliphatic heterocycles. The van der Waals surface area contributed by atoms with Gasteiger partial charge in [0.05, 0.1) is 0 Å². The zero-order valence-electron chi connectivity index (χ0n) is 14.5. The van der Waals surface area contributed by atoms with Gasteiger partial charge in [-0.15, -0.1) is 0 Å². The molecule has 1 aromatic heterocycles. The van der Waals surface area contributed by atoms with Gasteiger partial charge in [-0.1, -0.05) is 20.3 Å². The molecule has 0 bridgehead atoms. The van der Waals surface area contributed by atoms with Gasteiger partial charge >= 0.3 is 6.03 Å². The summed E-state index contributed by atoms with van der Waals surface area (Å²) in [5.41, 5.74) is 2.32. The molecule has 1 unspecified atom stereocenters. The van der Waals surface area contributed by atoms with E-state index in [9.17, 15) is 9.59 Å². The lowest BCUT2D eigenvalue weighted by Gasteiger charge is -2.14. The Morgan fingerprint density at radius 2 is 2.12 bits per heavy atom. The molecule has 1 atom stereocenters. The Hall–Kier alpha value is -2.83. The number of hydrogen-bond acceptors (Lipinski definition) is 3. The predicted octanol–water partition coefficient (Wildman–Crippen LogP) is 3.10. The molecule has 0 radical (unpaired) electrons. The molecule has 0 saturated carbocycles. The van der Waals surface area contributed by atoms with Gasteiger partial charge in [-0.2, -0.15) is 5.10 Å². The van der Waals surface area contributed by atoms with E-state index in [1.54, 1.807) is 29.2 Å². The minimum Gasteiger partial charge on any atom is -0.336 e. The molecule has 7 nitrogen and oxygen atoms in total. The number of carbonyl (C=O) groups excluding carboxylic acids is 2. The Balaban J connectivity index is 1.64. The van der Waals surface area contributed by atoms with Gasteiger partial charge in [0.15, 0.2) is 5.82 Å². The van der Waals surface area contributed by atoms with Crippen molar-refractivity contribution in [3.8, 4) is 0 Å². The number of amides is 3. The molecule has 0 spiro atoms. The lowest BCUT2D eigenvalue weighted by atomic mass is 10.0. The van der Waals surface area contributed by atoms with Crippen LogP contribution in [0.1, 0.15) is 48.7 Å². The molecule has 3 rings (SSSR count). The van der Waals surface area contributed by atoms with Gasteiger partial charge in [-0.25, -0.2) is 4.79 Å². The van der Waals surface area contributed by atoms with E-state index in [1.807, 2.05) is 6.07 Å². The maximum absolute atomic E-state index is 12.4. The minimum atomic E-state index is -0.224. The van der Waals surface area contributed by atoms with Crippen molar-refractivity contribution < 1.29 is 9.59 Å². The average Bonchev–Trinajstić information content (AvgIpc) is 3.24. The van der Waals surface area contributed by atoms with Gasteiger partial charge in [0.25, 0.3) is 5.91 Å². The van der Waals surface area contributed by atoms with E-state index in [1.165, 1.54) is 0 Å². The Labute approximate surface area is 146 Å². The molecule has 1 saturated heterocycles. The van der Waals surface area contributed by atoms with Gasteiger partial charge in [0, 0.05) is 36.1 Å². The molecule has 25 heavy (non-hydrogen) atoms. The SMILES string of the molecule is CCCC(C)c1cc(NC(=O)c2ccc(N3CCNC3=O)cc2)n[nH]1. The largest absolute Gasteiger partial charge is 0.336 e. The number of nitrogens with zero attached hydrogens (tertiary/aromatic N) is 2. The standard InChI is InChI=1S/C18H23N5O2/c1-3-4-12(2)15-11-16(22-21-15)20-17(24)13-5-7-14(8-6-13)23-10-9-19-18(23)25/h5-8,11-12H,3-4,9-10H2,1-2H3,(H,19,25)(H2,20,21,22,24). The summed E-state index contributed by atoms with van der Waals surface area (Å²) < 4.78 is 0. The quantitative estimate of drug-likeness (QED) is 0.754. The van der Waals surface area contributed by atoms with Crippen molar-refractivity contribution in [2.45, 2.75) is 32.6 Å². The summed E-state index contributed by atoms with van der Waals surface area (Å²) in [6.07, 6.45) is 2.17. The summed E-state index contributed by atoms with van der Waals surface area (Å²) >= 11 is 0. The lowest BCUT2D eigenvalue weighted by molar-refractivity contribution is 0.102. The van der Waals surface area contributed by atoms with Crippen LogP contribution >= 0.6 is 0 Å². The average molecular weight is 341 g/mol. The summed E-state index contributed by atoms with van der Waals surface area (Å²) in [6.45, 7) is 5.55. The summed E-state index contributed by atoms with van der Waals surface area (Å²) in [5.74, 6) is 0.679. The van der Waals surface area contributed by atoms with Gasteiger partial charge in [-0.3, -0.25) is 14.8 Å². The highest BCUT2D eigenvalue weighted by Gasteiger charge is 2.21. The second-order valence-electron chi connectivity index (χ2n) is 6.28. The minimum absolute atomic E-state index is 0.109. The number of nitrogens with one attached hydrogen (secondary N) is 3. The van der Waals surface area contributed by atoms with Crippen LogP contribution in [0.3, 0.4) is 0 Å². The maximum atomic E-state index is 12.4. The predicted molar refractivity (Wildman–Crippen MR) is 97.1 cm³/mol. The van der Waals surface area contributed by atoms with Crippen molar-refractivity contribution in [2.24, 2.45) is 0 Å². The highest BCUT2D eigenvalue weighted by atomic mass is 16.2. The highest BCUT2D eigenvalue weighted by molar-refractivity contribution is 6.04. The molecule has 1 fully saturated rings. The maximum Gasteiger partial charge on any atom is 0.321 e. The fourth-order valence-corrected chi connectivity index (χ4v) is 2.94. The molecule has 0 aliphatic carbocycles. The molecule has 132 valence electrons. The first-order chi connectivity index (χ1) is 12.1. The number of anilines is 2. The van der Waals surface area contributed by atoms with Crippen molar-refractivity contribution in [1.29, 1.82) is 0 Å². The van der Waals surface area contributed by atoms with Gasteiger partial charge in [0.2, 0.25) is 0 Å². The van der Waals surface area contributed by atoms with E-state index in [0.29, 0.717) is 30.4 Å². The molecule has 3 N–H and O–H groups in total. The van der Waals surface area contributed by atoms with Crippen LogP contribution in [0.5, 0.6) is 0 Å². The first-order valence-electron chi connectivity index (χ1n) is 8.60. The number of carbonyl (C=O) groups is 2. The first kappa shape index (κ1) is 17.0. The van der Waals surface area contributed by atoms with Gasteiger partial charge in [-0.05, 0) is 36.6 Å². The molecular formula is C18H23N5O2. The van der Waals surface area contributed by atoms with Crippen molar-refractivity contribution >= 4 is 23.4 Å². The third-order valence-corrected chi connectivity index (χ3v) is 4.39. The summed E-state index contributed by atoms with van der Waals surface area (Å²) in [4.78, 5) is 25.7. The number of hydrogen-bond donors (Lipinski definition) is 3. The van der Waals surface area contributed by atoms with Crippen molar-refractivity contribution in [2.75, 3.05) is 23.3 Å². The Morgan fingerprint density at radius 3 is 2.76 bits per heavy atom. The molecule has 2 aromatic rings. The fraction of sp³-hybridized carbons (Fsp3) is 0.389. The van der Waals surface area contributed by atoms with Gasteiger partial charge < -0.3 is 10.6 Å². The van der Waals surface area contributed by atoms with Crippen LogP contribution in [-0.4, -0.2) is 35.2 Å². The number of benzene rings is 1. The summed E-state index contributed by atoms with van der Waals surface area (Å²) in [5, 5.41) is 12.7. The Kier molecular flexibility index (Phi) is 5.02. The van der Waals surface area contributed by atoms with Crippen molar-refractivity contribution in [3.05, 3.63) is 41.6 Å². The lowest BCUT2D eigenvalue weighted by Crippen LogP contribution is -2.27. The third kappa shape index (κ3) is 3.81. The number of H-pyrrole nitrogens is 1. The van der Waals surface area contributed by atoms with Crippen molar-refractivity contribution in [3.63, 3.8) is 0 Å². The molecule has 2 heterocycles. The van der Waals surface area contributed by atoms with E-state index < -0.39 is 0 Å². The number of rotatable bonds is 6. The van der Waals surface area contributed by atoms with E-state index in [-0.39, 0.29) is 11.9 Å². The molecule has 1 aliphatic rings. The topological polar surface area (TPSA) is 90.1 Å². The van der Waals surface area contributed by atoms with E-state index in [2.05, 4.69) is 34.7 Å². The molecule has 3 amide bonds. The van der Waals surface area contributed by atoms with Crippen LogP contribution in [0.4, 0.5) is 16.3 Å². The third-order valence-electron chi connectivity index (χ3n) is 4.39. The van der Waals surface area contributed by atoms with Crippen LogP contribution < -0.4 is 15.5 Å². The molecule has 1 aromatic carbocycles. The van der Waals surface area contributed by atoms with E-state index in [4.69, 9.17) is 0 Å². The normalized spacial score (nSPS) is 15.1. The zero-order chi connectivity index (χ0) is 17.8. The molecule has 7 heteroatoms. The highest BCUT2D eigenvalue weighted by Crippen LogP contribution is 2.21. The number of aromatic nitrogens is 2. The first-order valence-corrected chi connectivity index (χ1v) is 8.60. The van der Waals surface area contributed by atoms with Crippen LogP contribution in [0.25, 0.3) is 0 Å². The van der Waals surface area contributed by atoms with Crippen LogP contribution in [0.15, 0.2) is 30.3 Å². The van der Waals surface area contributed by atoms with Crippen molar-refractivity contribution in [1.82, 2.24) is 15.5 Å². The second-order valence-corrected chi connectivity index (χ2v) is 6.28. The van der Waals surface area contributed by atoms with Crippen LogP contribution in [0.2, 0.25) is 0 Å². The van der Waals surface area contributed by atoms with Gasteiger partial charge in [0.1, 0.15) is 0 Å². The summed E-state index contributed by atoms with van der Waals surface area (Å²) in [7, 11) is 0. The Morgan fingerprint density at radius 1 is 1.36 bits per heavy atom. The molecular weight excluding hydrogens is 318 g/mol. The Bertz CT molecular complexity index is 753. The van der Waals surface area contributed by atoms with Crippen LogP contribution in [-0.2, 0) is 0 Å². The van der Waals surface area contributed by atoms with E-state index >= 15 is 0 Å². The van der Waals surface area contributed by atoms with Crippen LogP contribution in [0, 0.1) is 0 Å². The summed E-state index contributed by atoms with van der Waals surface area (Å²) in [6, 6.07) is 8.74. The second kappa shape index (κ2) is 7.38. The fourth-order valence-electron chi connectivity index (χ4n) is 2.94.